The normalized spacial score (nSPS) is 13.6. The molecule has 0 saturated heterocycles. The number of nitrogens with one attached hydrogen (secondary N) is 2. The van der Waals surface area contributed by atoms with Crippen molar-refractivity contribution in [2.45, 2.75) is 30.7 Å². The van der Waals surface area contributed by atoms with Crippen molar-refractivity contribution in [2.75, 3.05) is 26.0 Å². The molecule has 2 aromatic carbocycles. The minimum absolute atomic E-state index is 0.0117. The van der Waals surface area contributed by atoms with E-state index in [-0.39, 0.29) is 29.0 Å². The van der Waals surface area contributed by atoms with E-state index < -0.39 is 15.9 Å². The standard InChI is InChI=1S/C21H25N3O5S/c1-14-4-11-18(30(27,28)23-16-5-6-16)12-19(14)21(26)22-15-7-9-17(10-8-15)29-13-20(25)24(2)3/h4,7-12,16,23H,5-6,13H2,1-3H3,(H,22,26). The lowest BCUT2D eigenvalue weighted by molar-refractivity contribution is -0.130. The fraction of sp³-hybridized carbons (Fsp3) is 0.333. The van der Waals surface area contributed by atoms with Gasteiger partial charge in [-0.1, -0.05) is 6.07 Å². The van der Waals surface area contributed by atoms with Gasteiger partial charge in [0.25, 0.3) is 11.8 Å². The summed E-state index contributed by atoms with van der Waals surface area (Å²) in [6.07, 6.45) is 1.67. The van der Waals surface area contributed by atoms with Crippen molar-refractivity contribution >= 4 is 27.5 Å². The maximum absolute atomic E-state index is 12.7. The Bertz CT molecular complexity index is 1040. The predicted octanol–water partition coefficient (Wildman–Crippen LogP) is 2.16. The molecule has 0 unspecified atom stereocenters. The first kappa shape index (κ1) is 21.8. The number of carbonyl (C=O) groups excluding carboxylic acids is 2. The highest BCUT2D eigenvalue weighted by atomic mass is 32.2. The van der Waals surface area contributed by atoms with E-state index in [0.29, 0.717) is 17.0 Å². The molecule has 30 heavy (non-hydrogen) atoms. The lowest BCUT2D eigenvalue weighted by Crippen LogP contribution is -2.27. The van der Waals surface area contributed by atoms with E-state index in [2.05, 4.69) is 10.0 Å². The number of nitrogens with zero attached hydrogens (tertiary/aromatic N) is 1. The highest BCUT2D eigenvalue weighted by molar-refractivity contribution is 7.89. The predicted molar refractivity (Wildman–Crippen MR) is 113 cm³/mol. The SMILES string of the molecule is Cc1ccc(S(=O)(=O)NC2CC2)cc1C(=O)Nc1ccc(OCC(=O)N(C)C)cc1. The Balaban J connectivity index is 1.68. The summed E-state index contributed by atoms with van der Waals surface area (Å²) in [5.41, 5.74) is 1.47. The molecular weight excluding hydrogens is 406 g/mol. The Morgan fingerprint density at radius 3 is 2.37 bits per heavy atom. The second-order valence-electron chi connectivity index (χ2n) is 7.43. The fourth-order valence-corrected chi connectivity index (χ4v) is 3.94. The molecule has 0 aliphatic heterocycles. The van der Waals surface area contributed by atoms with Crippen LogP contribution in [0.2, 0.25) is 0 Å². The summed E-state index contributed by atoms with van der Waals surface area (Å²) in [7, 11) is -0.351. The molecule has 160 valence electrons. The Hall–Kier alpha value is -2.91. The summed E-state index contributed by atoms with van der Waals surface area (Å²) in [4.78, 5) is 25.8. The van der Waals surface area contributed by atoms with Gasteiger partial charge in [0, 0.05) is 31.4 Å². The Morgan fingerprint density at radius 1 is 1.10 bits per heavy atom. The molecule has 0 bridgehead atoms. The van der Waals surface area contributed by atoms with Crippen LogP contribution in [-0.2, 0) is 14.8 Å². The molecule has 0 aromatic heterocycles. The maximum Gasteiger partial charge on any atom is 0.259 e. The first-order valence-corrected chi connectivity index (χ1v) is 11.0. The van der Waals surface area contributed by atoms with Gasteiger partial charge in [-0.2, -0.15) is 0 Å². The first-order valence-electron chi connectivity index (χ1n) is 9.53. The molecule has 0 radical (unpaired) electrons. The Labute approximate surface area is 176 Å². The number of likely N-dealkylation sites (N-methyl/N-ethyl adjacent to an activating group) is 1. The van der Waals surface area contributed by atoms with Gasteiger partial charge >= 0.3 is 0 Å². The van der Waals surface area contributed by atoms with Crippen molar-refractivity contribution in [2.24, 2.45) is 0 Å². The summed E-state index contributed by atoms with van der Waals surface area (Å²) >= 11 is 0. The van der Waals surface area contributed by atoms with E-state index in [1.165, 1.54) is 17.0 Å². The number of hydrogen-bond donors (Lipinski definition) is 2. The molecule has 2 amide bonds. The molecule has 2 aromatic rings. The van der Waals surface area contributed by atoms with Crippen LogP contribution in [0.4, 0.5) is 5.69 Å². The molecule has 1 aliphatic rings. The van der Waals surface area contributed by atoms with Crippen LogP contribution in [0.1, 0.15) is 28.8 Å². The average molecular weight is 432 g/mol. The quantitative estimate of drug-likeness (QED) is 0.666. The molecule has 0 heterocycles. The van der Waals surface area contributed by atoms with E-state index in [1.54, 1.807) is 51.4 Å². The fourth-order valence-electron chi connectivity index (χ4n) is 2.61. The smallest absolute Gasteiger partial charge is 0.259 e. The van der Waals surface area contributed by atoms with Crippen LogP contribution in [0, 0.1) is 6.92 Å². The number of ether oxygens (including phenoxy) is 1. The van der Waals surface area contributed by atoms with Crippen molar-refractivity contribution in [3.63, 3.8) is 0 Å². The zero-order chi connectivity index (χ0) is 21.9. The number of benzene rings is 2. The summed E-state index contributed by atoms with van der Waals surface area (Å²) in [6.45, 7) is 1.67. The third-order valence-corrected chi connectivity index (χ3v) is 6.15. The van der Waals surface area contributed by atoms with Crippen LogP contribution in [0.5, 0.6) is 5.75 Å². The molecule has 0 spiro atoms. The van der Waals surface area contributed by atoms with Crippen molar-refractivity contribution in [3.05, 3.63) is 53.6 Å². The molecule has 1 fully saturated rings. The van der Waals surface area contributed by atoms with E-state index >= 15 is 0 Å². The molecule has 1 aliphatic carbocycles. The Morgan fingerprint density at radius 2 is 1.77 bits per heavy atom. The summed E-state index contributed by atoms with van der Waals surface area (Å²) in [6, 6.07) is 11.1. The van der Waals surface area contributed by atoms with Crippen LogP contribution in [0.3, 0.4) is 0 Å². The van der Waals surface area contributed by atoms with E-state index in [0.717, 1.165) is 12.8 Å². The largest absolute Gasteiger partial charge is 0.484 e. The number of hydrogen-bond acceptors (Lipinski definition) is 5. The maximum atomic E-state index is 12.7. The third-order valence-electron chi connectivity index (χ3n) is 4.64. The molecule has 9 heteroatoms. The highest BCUT2D eigenvalue weighted by Gasteiger charge is 2.28. The Kier molecular flexibility index (Phi) is 6.42. The number of amides is 2. The van der Waals surface area contributed by atoms with Crippen LogP contribution in [0.25, 0.3) is 0 Å². The van der Waals surface area contributed by atoms with Crippen LogP contribution >= 0.6 is 0 Å². The number of aryl methyl sites for hydroxylation is 1. The average Bonchev–Trinajstić information content (AvgIpc) is 3.50. The number of rotatable bonds is 8. The zero-order valence-corrected chi connectivity index (χ0v) is 18.0. The number of anilines is 1. The van der Waals surface area contributed by atoms with Crippen molar-refractivity contribution < 1.29 is 22.7 Å². The van der Waals surface area contributed by atoms with Crippen molar-refractivity contribution in [1.29, 1.82) is 0 Å². The molecule has 0 atom stereocenters. The van der Waals surface area contributed by atoms with Gasteiger partial charge in [0.15, 0.2) is 6.61 Å². The van der Waals surface area contributed by atoms with Gasteiger partial charge in [0.2, 0.25) is 10.0 Å². The molecule has 8 nitrogen and oxygen atoms in total. The minimum atomic E-state index is -3.65. The van der Waals surface area contributed by atoms with Crippen molar-refractivity contribution in [3.8, 4) is 5.75 Å². The van der Waals surface area contributed by atoms with Gasteiger partial charge in [0.05, 0.1) is 4.90 Å². The molecule has 1 saturated carbocycles. The van der Waals surface area contributed by atoms with Gasteiger partial charge in [-0.25, -0.2) is 13.1 Å². The van der Waals surface area contributed by atoms with Gasteiger partial charge in [-0.05, 0) is 61.7 Å². The second-order valence-corrected chi connectivity index (χ2v) is 9.14. The van der Waals surface area contributed by atoms with Crippen LogP contribution in [0.15, 0.2) is 47.4 Å². The summed E-state index contributed by atoms with van der Waals surface area (Å²) < 4.78 is 32.9. The highest BCUT2D eigenvalue weighted by Crippen LogP contribution is 2.24. The lowest BCUT2D eigenvalue weighted by Gasteiger charge is -2.12. The lowest BCUT2D eigenvalue weighted by atomic mass is 10.1. The van der Waals surface area contributed by atoms with Gasteiger partial charge in [0.1, 0.15) is 5.75 Å². The van der Waals surface area contributed by atoms with Crippen molar-refractivity contribution in [1.82, 2.24) is 9.62 Å². The van der Waals surface area contributed by atoms with Gasteiger partial charge in [-0.15, -0.1) is 0 Å². The topological polar surface area (TPSA) is 105 Å². The van der Waals surface area contributed by atoms with E-state index in [4.69, 9.17) is 4.74 Å². The first-order chi connectivity index (χ1) is 14.2. The summed E-state index contributed by atoms with van der Waals surface area (Å²) in [5.74, 6) is -0.0695. The summed E-state index contributed by atoms with van der Waals surface area (Å²) in [5, 5.41) is 2.76. The number of sulfonamides is 1. The second kappa shape index (κ2) is 8.85. The van der Waals surface area contributed by atoms with Gasteiger partial charge < -0.3 is 15.0 Å². The van der Waals surface area contributed by atoms with Crippen LogP contribution < -0.4 is 14.8 Å². The van der Waals surface area contributed by atoms with Crippen LogP contribution in [-0.4, -0.2) is 51.9 Å². The third kappa shape index (κ3) is 5.58. The molecule has 3 rings (SSSR count). The minimum Gasteiger partial charge on any atom is -0.484 e. The van der Waals surface area contributed by atoms with E-state index in [1.807, 2.05) is 0 Å². The monoisotopic (exact) mass is 431 g/mol. The number of carbonyl (C=O) groups is 2. The van der Waals surface area contributed by atoms with E-state index in [9.17, 15) is 18.0 Å². The van der Waals surface area contributed by atoms with Gasteiger partial charge in [-0.3, -0.25) is 9.59 Å². The zero-order valence-electron chi connectivity index (χ0n) is 17.1. The molecular formula is C21H25N3O5S. The molecule has 2 N–H and O–H groups in total.